The summed E-state index contributed by atoms with van der Waals surface area (Å²) in [5.74, 6) is 6.58. The number of halogens is 1. The van der Waals surface area contributed by atoms with Crippen molar-refractivity contribution in [3.8, 4) is 17.7 Å². The van der Waals surface area contributed by atoms with Crippen LogP contribution in [0.15, 0.2) is 18.3 Å². The van der Waals surface area contributed by atoms with Crippen LogP contribution in [0.4, 0.5) is 11.8 Å². The van der Waals surface area contributed by atoms with Gasteiger partial charge in [-0.25, -0.2) is 4.98 Å². The maximum atomic E-state index is 10.4. The quantitative estimate of drug-likeness (QED) is 0.201. The molecule has 2 heterocycles. The van der Waals surface area contributed by atoms with Crippen molar-refractivity contribution in [3.63, 3.8) is 0 Å². The predicted octanol–water partition coefficient (Wildman–Crippen LogP) is 0.896. The molecule has 3 rings (SSSR count). The largest absolute Gasteiger partial charge is 0.478 e. The van der Waals surface area contributed by atoms with Crippen LogP contribution in [-0.4, -0.2) is 82.0 Å². The third-order valence-electron chi connectivity index (χ3n) is 5.17. The number of hydrogen-bond acceptors (Lipinski definition) is 10. The zero-order valence-electron chi connectivity index (χ0n) is 18.5. The van der Waals surface area contributed by atoms with Gasteiger partial charge in [-0.15, -0.1) is 0 Å². The second-order valence-electron chi connectivity index (χ2n) is 7.46. The van der Waals surface area contributed by atoms with Gasteiger partial charge in [0.2, 0.25) is 11.8 Å². The Morgan fingerprint density at radius 3 is 2.67 bits per heavy atom. The van der Waals surface area contributed by atoms with Crippen LogP contribution in [0.2, 0.25) is 5.15 Å². The number of ether oxygens (including phenoxy) is 2. The van der Waals surface area contributed by atoms with Gasteiger partial charge in [-0.3, -0.25) is 0 Å². The minimum Gasteiger partial charge on any atom is -0.478 e. The second kappa shape index (κ2) is 12.0. The van der Waals surface area contributed by atoms with Crippen LogP contribution in [0.3, 0.4) is 0 Å². The number of aromatic nitrogens is 3. The third-order valence-corrected chi connectivity index (χ3v) is 5.45. The summed E-state index contributed by atoms with van der Waals surface area (Å²) in [5.41, 5.74) is 0.969. The van der Waals surface area contributed by atoms with Crippen LogP contribution in [0.1, 0.15) is 24.5 Å². The lowest BCUT2D eigenvalue weighted by molar-refractivity contribution is 0.00445. The molecule has 33 heavy (non-hydrogen) atoms. The Morgan fingerprint density at radius 2 is 2.03 bits per heavy atom. The first-order valence-electron chi connectivity index (χ1n) is 10.6. The van der Waals surface area contributed by atoms with E-state index in [4.69, 9.17) is 21.1 Å². The zero-order valence-corrected chi connectivity index (χ0v) is 19.2. The van der Waals surface area contributed by atoms with E-state index in [1.165, 1.54) is 0 Å². The van der Waals surface area contributed by atoms with Crippen molar-refractivity contribution in [2.45, 2.75) is 31.6 Å². The summed E-state index contributed by atoms with van der Waals surface area (Å²) in [6.07, 6.45) is -0.197. The van der Waals surface area contributed by atoms with E-state index >= 15 is 0 Å². The van der Waals surface area contributed by atoms with Crippen molar-refractivity contribution in [2.24, 2.45) is 5.92 Å². The minimum atomic E-state index is -1.09. The van der Waals surface area contributed by atoms with Crippen LogP contribution in [0, 0.1) is 17.8 Å². The van der Waals surface area contributed by atoms with Gasteiger partial charge in [-0.05, 0) is 19.4 Å². The van der Waals surface area contributed by atoms with Gasteiger partial charge in [-0.2, -0.15) is 9.97 Å². The zero-order chi connectivity index (χ0) is 23.8. The molecule has 11 heteroatoms. The van der Waals surface area contributed by atoms with Gasteiger partial charge in [0.05, 0.1) is 25.4 Å². The molecule has 0 saturated heterocycles. The average molecular weight is 478 g/mol. The summed E-state index contributed by atoms with van der Waals surface area (Å²) in [7, 11) is 1.58. The molecule has 2 aromatic heterocycles. The Balaban J connectivity index is 1.90. The summed E-state index contributed by atoms with van der Waals surface area (Å²) >= 11 is 6.43. The van der Waals surface area contributed by atoms with Crippen LogP contribution >= 0.6 is 11.6 Å². The number of hydrogen-bond donors (Lipinski definition) is 5. The molecule has 0 aliphatic heterocycles. The van der Waals surface area contributed by atoms with Gasteiger partial charge in [-0.1, -0.05) is 23.4 Å². The predicted molar refractivity (Wildman–Crippen MR) is 123 cm³/mol. The highest BCUT2D eigenvalue weighted by Crippen LogP contribution is 2.31. The summed E-state index contributed by atoms with van der Waals surface area (Å²) in [5, 5.41) is 36.3. The molecule has 178 valence electrons. The van der Waals surface area contributed by atoms with Gasteiger partial charge >= 0.3 is 0 Å². The molecule has 2 aromatic rings. The number of aliphatic hydroxyl groups is 3. The fraction of sp³-hybridized carbons (Fsp3) is 0.500. The van der Waals surface area contributed by atoms with E-state index in [-0.39, 0.29) is 17.7 Å². The Morgan fingerprint density at radius 1 is 1.21 bits per heavy atom. The van der Waals surface area contributed by atoms with Crippen molar-refractivity contribution in [1.29, 1.82) is 0 Å². The summed E-state index contributed by atoms with van der Waals surface area (Å²) in [6, 6.07) is 2.94. The Hall–Kier alpha value is -2.68. The molecule has 0 amide bonds. The molecule has 0 bridgehead atoms. The molecule has 0 aromatic carbocycles. The number of methoxy groups -OCH3 is 1. The van der Waals surface area contributed by atoms with Crippen LogP contribution in [-0.2, 0) is 4.74 Å². The first-order chi connectivity index (χ1) is 16.0. The number of rotatable bonds is 9. The molecular formula is C22H28ClN5O5. The molecule has 0 unspecified atom stereocenters. The molecule has 1 aliphatic rings. The maximum absolute atomic E-state index is 10.4. The van der Waals surface area contributed by atoms with Crippen LogP contribution in [0.25, 0.3) is 0 Å². The van der Waals surface area contributed by atoms with Crippen molar-refractivity contribution in [3.05, 3.63) is 34.6 Å². The Labute approximate surface area is 197 Å². The molecule has 1 fully saturated rings. The monoisotopic (exact) mass is 477 g/mol. The van der Waals surface area contributed by atoms with Crippen LogP contribution < -0.4 is 15.4 Å². The molecule has 4 atom stereocenters. The Bertz CT molecular complexity index is 982. The smallest absolute Gasteiger partial charge is 0.226 e. The van der Waals surface area contributed by atoms with Crippen LogP contribution in [0.5, 0.6) is 5.88 Å². The fourth-order valence-electron chi connectivity index (χ4n) is 3.44. The maximum Gasteiger partial charge on any atom is 0.226 e. The first kappa shape index (κ1) is 25.0. The fourth-order valence-corrected chi connectivity index (χ4v) is 3.66. The SMILES string of the molecule is CCOc1ccc(C#Cc2c(Cl)nc(NCCOC)nc2N[C@@H]2C[C@H](CO)[C@@H](O)[C@H]2O)cn1. The van der Waals surface area contributed by atoms with E-state index in [0.29, 0.717) is 49.0 Å². The lowest BCUT2D eigenvalue weighted by Crippen LogP contribution is -2.35. The molecule has 5 N–H and O–H groups in total. The normalized spacial score (nSPS) is 21.9. The van der Waals surface area contributed by atoms with Gasteiger partial charge < -0.3 is 35.4 Å². The van der Waals surface area contributed by atoms with Crippen molar-refractivity contribution in [1.82, 2.24) is 15.0 Å². The highest BCUT2D eigenvalue weighted by molar-refractivity contribution is 6.31. The first-order valence-corrected chi connectivity index (χ1v) is 11.0. The number of nitrogens with zero attached hydrogens (tertiary/aromatic N) is 3. The van der Waals surface area contributed by atoms with Gasteiger partial charge in [0, 0.05) is 44.0 Å². The minimum absolute atomic E-state index is 0.116. The third kappa shape index (κ3) is 6.43. The summed E-state index contributed by atoms with van der Waals surface area (Å²) < 4.78 is 10.4. The number of aliphatic hydroxyl groups excluding tert-OH is 3. The van der Waals surface area contributed by atoms with Gasteiger partial charge in [0.1, 0.15) is 17.5 Å². The number of anilines is 2. The average Bonchev–Trinajstić information content (AvgIpc) is 3.08. The molecule has 1 aliphatic carbocycles. The van der Waals surface area contributed by atoms with Gasteiger partial charge in [0.25, 0.3) is 0 Å². The lowest BCUT2D eigenvalue weighted by atomic mass is 10.1. The van der Waals surface area contributed by atoms with Gasteiger partial charge in [0.15, 0.2) is 5.15 Å². The standard InChI is InChI=1S/C22H28ClN5O5/c1-3-33-17-7-5-13(11-25-17)4-6-15-20(23)27-22(24-8-9-32-2)28-21(15)26-16-10-14(12-29)18(30)19(16)31/h5,7,11,14,16,18-19,29-31H,3,8-10,12H2,1-2H3,(H2,24,26,27,28)/t14-,16-,18-,19+/m1/s1. The summed E-state index contributed by atoms with van der Waals surface area (Å²) in [6.45, 7) is 3.07. The van der Waals surface area contributed by atoms with E-state index in [2.05, 4.69) is 37.4 Å². The Kier molecular flexibility index (Phi) is 9.05. The molecule has 0 radical (unpaired) electrons. The molecule has 1 saturated carbocycles. The van der Waals surface area contributed by atoms with E-state index in [9.17, 15) is 15.3 Å². The van der Waals surface area contributed by atoms with E-state index < -0.39 is 24.2 Å². The van der Waals surface area contributed by atoms with E-state index in [0.717, 1.165) is 0 Å². The van der Waals surface area contributed by atoms with Crippen molar-refractivity contribution < 1.29 is 24.8 Å². The number of pyridine rings is 1. The lowest BCUT2D eigenvalue weighted by Gasteiger charge is -2.20. The topological polar surface area (TPSA) is 142 Å². The van der Waals surface area contributed by atoms with Crippen molar-refractivity contribution >= 4 is 23.4 Å². The number of nitrogens with one attached hydrogen (secondary N) is 2. The van der Waals surface area contributed by atoms with Crippen molar-refractivity contribution in [2.75, 3.05) is 44.1 Å². The highest BCUT2D eigenvalue weighted by Gasteiger charge is 2.41. The highest BCUT2D eigenvalue weighted by atomic mass is 35.5. The van der Waals surface area contributed by atoms with E-state index in [1.807, 2.05) is 6.92 Å². The summed E-state index contributed by atoms with van der Waals surface area (Å²) in [4.78, 5) is 12.9. The molecular weight excluding hydrogens is 450 g/mol. The molecule has 0 spiro atoms. The second-order valence-corrected chi connectivity index (χ2v) is 7.82. The van der Waals surface area contributed by atoms with E-state index in [1.54, 1.807) is 25.4 Å². The molecule has 10 nitrogen and oxygen atoms in total.